The van der Waals surface area contributed by atoms with Crippen LogP contribution in [0.15, 0.2) is 42.5 Å². The van der Waals surface area contributed by atoms with E-state index in [1.807, 2.05) is 24.3 Å². The highest BCUT2D eigenvalue weighted by molar-refractivity contribution is 7.92. The Morgan fingerprint density at radius 1 is 1.25 bits per heavy atom. The Morgan fingerprint density at radius 2 is 1.96 bits per heavy atom. The number of nitrogens with zero attached hydrogens (tertiary/aromatic N) is 3. The van der Waals surface area contributed by atoms with Gasteiger partial charge in [0, 0.05) is 24.4 Å². The lowest BCUT2D eigenvalue weighted by molar-refractivity contribution is -0.384. The third kappa shape index (κ3) is 3.99. The Hall–Kier alpha value is -2.94. The lowest BCUT2D eigenvalue weighted by Gasteiger charge is -2.32. The lowest BCUT2D eigenvalue weighted by Crippen LogP contribution is -2.44. The number of nitro groups is 1. The van der Waals surface area contributed by atoms with Gasteiger partial charge in [-0.3, -0.25) is 19.2 Å². The number of amides is 1. The maximum absolute atomic E-state index is 13.0. The van der Waals surface area contributed by atoms with Gasteiger partial charge >= 0.3 is 0 Å². The van der Waals surface area contributed by atoms with Crippen molar-refractivity contribution in [2.24, 2.45) is 0 Å². The molecule has 28 heavy (non-hydrogen) atoms. The number of hydrogen-bond acceptors (Lipinski definition) is 5. The summed E-state index contributed by atoms with van der Waals surface area (Å²) in [6.07, 6.45) is 2.64. The normalized spacial score (nSPS) is 13.7. The Balaban J connectivity index is 1.97. The van der Waals surface area contributed by atoms with Gasteiger partial charge < -0.3 is 4.90 Å². The Morgan fingerprint density at radius 3 is 2.64 bits per heavy atom. The molecule has 0 aromatic heterocycles. The summed E-state index contributed by atoms with van der Waals surface area (Å²) >= 11 is 0. The Bertz CT molecular complexity index is 1040. The first-order valence-electron chi connectivity index (χ1n) is 8.79. The Kier molecular flexibility index (Phi) is 5.37. The number of hydrogen-bond donors (Lipinski definition) is 0. The fraction of sp³-hybridized carbons (Fsp3) is 0.316. The topological polar surface area (TPSA) is 101 Å². The van der Waals surface area contributed by atoms with E-state index in [4.69, 9.17) is 0 Å². The number of aryl methyl sites for hydroxylation is 2. The first-order chi connectivity index (χ1) is 13.2. The minimum absolute atomic E-state index is 0.135. The Labute approximate surface area is 163 Å². The second kappa shape index (κ2) is 7.59. The van der Waals surface area contributed by atoms with E-state index in [-0.39, 0.29) is 17.3 Å². The van der Waals surface area contributed by atoms with Gasteiger partial charge in [0.15, 0.2) is 0 Å². The van der Waals surface area contributed by atoms with Crippen LogP contribution in [-0.2, 0) is 21.2 Å². The smallest absolute Gasteiger partial charge is 0.271 e. The van der Waals surface area contributed by atoms with Crippen molar-refractivity contribution in [3.63, 3.8) is 0 Å². The van der Waals surface area contributed by atoms with Crippen LogP contribution in [0.2, 0.25) is 0 Å². The van der Waals surface area contributed by atoms with Gasteiger partial charge in [-0.2, -0.15) is 0 Å². The molecule has 9 heteroatoms. The number of sulfonamides is 1. The maximum Gasteiger partial charge on any atom is 0.271 e. The van der Waals surface area contributed by atoms with Crippen LogP contribution in [0.3, 0.4) is 0 Å². The van der Waals surface area contributed by atoms with Crippen LogP contribution in [0.1, 0.15) is 17.5 Å². The molecule has 2 aromatic carbocycles. The molecule has 0 atom stereocenters. The first-order valence-corrected chi connectivity index (χ1v) is 10.6. The summed E-state index contributed by atoms with van der Waals surface area (Å²) in [6, 6.07) is 11.5. The van der Waals surface area contributed by atoms with Crippen LogP contribution in [-0.4, -0.2) is 38.6 Å². The predicted molar refractivity (Wildman–Crippen MR) is 107 cm³/mol. The summed E-state index contributed by atoms with van der Waals surface area (Å²) in [5.41, 5.74) is 2.26. The number of rotatable bonds is 5. The molecule has 0 aliphatic carbocycles. The van der Waals surface area contributed by atoms with E-state index in [9.17, 15) is 23.3 Å². The SMILES string of the molecule is Cc1ccc([N+](=O)[O-])cc1N(CC(=O)N1CCCc2ccccc21)S(C)(=O)=O. The van der Waals surface area contributed by atoms with Crippen molar-refractivity contribution in [3.05, 3.63) is 63.7 Å². The molecule has 3 rings (SSSR count). The van der Waals surface area contributed by atoms with Crippen LogP contribution < -0.4 is 9.21 Å². The molecule has 8 nitrogen and oxygen atoms in total. The number of fused-ring (bicyclic) bond motifs is 1. The molecular weight excluding hydrogens is 382 g/mol. The fourth-order valence-electron chi connectivity index (χ4n) is 3.36. The van der Waals surface area contributed by atoms with Crippen molar-refractivity contribution in [2.75, 3.05) is 28.6 Å². The molecule has 0 saturated carbocycles. The summed E-state index contributed by atoms with van der Waals surface area (Å²) in [5, 5.41) is 11.1. The summed E-state index contributed by atoms with van der Waals surface area (Å²) in [4.78, 5) is 25.1. The van der Waals surface area contributed by atoms with Crippen LogP contribution in [0.4, 0.5) is 17.1 Å². The minimum atomic E-state index is -3.83. The van der Waals surface area contributed by atoms with Crippen molar-refractivity contribution < 1.29 is 18.1 Å². The molecule has 1 aliphatic rings. The van der Waals surface area contributed by atoms with Gasteiger partial charge in [-0.1, -0.05) is 24.3 Å². The standard InChI is InChI=1S/C19H21N3O5S/c1-14-9-10-16(22(24)25)12-18(14)21(28(2,26)27)13-19(23)20-11-5-7-15-6-3-4-8-17(15)20/h3-4,6,8-10,12H,5,7,11,13H2,1-2H3. The van der Waals surface area contributed by atoms with Gasteiger partial charge in [0.25, 0.3) is 5.69 Å². The molecule has 0 bridgehead atoms. The van der Waals surface area contributed by atoms with Crippen LogP contribution >= 0.6 is 0 Å². The molecule has 0 radical (unpaired) electrons. The zero-order valence-electron chi connectivity index (χ0n) is 15.7. The van der Waals surface area contributed by atoms with Gasteiger partial charge in [-0.25, -0.2) is 8.42 Å². The number of carbonyl (C=O) groups excluding carboxylic acids is 1. The van der Waals surface area contributed by atoms with Crippen molar-refractivity contribution in [1.29, 1.82) is 0 Å². The molecule has 1 aliphatic heterocycles. The number of para-hydroxylation sites is 1. The van der Waals surface area contributed by atoms with E-state index >= 15 is 0 Å². The monoisotopic (exact) mass is 403 g/mol. The number of nitro benzene ring substituents is 1. The largest absolute Gasteiger partial charge is 0.311 e. The second-order valence-corrected chi connectivity index (χ2v) is 8.68. The summed E-state index contributed by atoms with van der Waals surface area (Å²) in [7, 11) is -3.83. The van der Waals surface area contributed by atoms with E-state index in [2.05, 4.69) is 0 Å². The highest BCUT2D eigenvalue weighted by Crippen LogP contribution is 2.30. The maximum atomic E-state index is 13.0. The van der Waals surface area contributed by atoms with Crippen LogP contribution in [0, 0.1) is 17.0 Å². The van der Waals surface area contributed by atoms with Gasteiger partial charge in [0.1, 0.15) is 6.54 Å². The van der Waals surface area contributed by atoms with Gasteiger partial charge in [-0.15, -0.1) is 0 Å². The minimum Gasteiger partial charge on any atom is -0.311 e. The summed E-state index contributed by atoms with van der Waals surface area (Å²) in [5.74, 6) is -0.372. The van der Waals surface area contributed by atoms with Crippen LogP contribution in [0.25, 0.3) is 0 Å². The highest BCUT2D eigenvalue weighted by atomic mass is 32.2. The summed E-state index contributed by atoms with van der Waals surface area (Å²) < 4.78 is 25.8. The number of benzene rings is 2. The fourth-order valence-corrected chi connectivity index (χ4v) is 4.26. The third-order valence-corrected chi connectivity index (χ3v) is 5.89. The summed E-state index contributed by atoms with van der Waals surface area (Å²) in [6.45, 7) is 1.73. The van der Waals surface area contributed by atoms with E-state index in [0.29, 0.717) is 12.1 Å². The van der Waals surface area contributed by atoms with Gasteiger partial charge in [0.2, 0.25) is 15.9 Å². The molecule has 0 fully saturated rings. The predicted octanol–water partition coefficient (Wildman–Crippen LogP) is 2.65. The zero-order chi connectivity index (χ0) is 20.5. The van der Waals surface area contributed by atoms with Crippen molar-refractivity contribution >= 4 is 33.0 Å². The van der Waals surface area contributed by atoms with E-state index in [1.165, 1.54) is 18.2 Å². The number of non-ortho nitro benzene ring substituents is 1. The molecule has 1 heterocycles. The van der Waals surface area contributed by atoms with Gasteiger partial charge in [-0.05, 0) is 37.0 Å². The molecule has 0 spiro atoms. The third-order valence-electron chi connectivity index (χ3n) is 4.76. The number of anilines is 2. The number of carbonyl (C=O) groups is 1. The second-order valence-electron chi connectivity index (χ2n) is 6.78. The van der Waals surface area contributed by atoms with E-state index in [0.717, 1.165) is 34.7 Å². The average molecular weight is 403 g/mol. The van der Waals surface area contributed by atoms with Gasteiger partial charge in [0.05, 0.1) is 16.9 Å². The molecule has 0 N–H and O–H groups in total. The van der Waals surface area contributed by atoms with Crippen LogP contribution in [0.5, 0.6) is 0 Å². The lowest BCUT2D eigenvalue weighted by atomic mass is 10.0. The first kappa shape index (κ1) is 19.8. The molecule has 0 saturated heterocycles. The van der Waals surface area contributed by atoms with Crippen molar-refractivity contribution in [3.8, 4) is 0 Å². The van der Waals surface area contributed by atoms with Crippen molar-refractivity contribution in [1.82, 2.24) is 0 Å². The quantitative estimate of drug-likeness (QED) is 0.564. The average Bonchev–Trinajstić information content (AvgIpc) is 2.65. The molecule has 148 valence electrons. The van der Waals surface area contributed by atoms with E-state index in [1.54, 1.807) is 11.8 Å². The molecule has 1 amide bonds. The zero-order valence-corrected chi connectivity index (χ0v) is 16.5. The van der Waals surface area contributed by atoms with Crippen molar-refractivity contribution in [2.45, 2.75) is 19.8 Å². The molecular formula is C19H21N3O5S. The molecule has 2 aromatic rings. The highest BCUT2D eigenvalue weighted by Gasteiger charge is 2.29. The van der Waals surface area contributed by atoms with E-state index < -0.39 is 21.5 Å². The molecule has 0 unspecified atom stereocenters.